The summed E-state index contributed by atoms with van der Waals surface area (Å²) in [4.78, 5) is 19.2. The van der Waals surface area contributed by atoms with E-state index in [1.807, 2.05) is 0 Å². The lowest BCUT2D eigenvalue weighted by Crippen LogP contribution is -2.21. The molecule has 0 unspecified atom stereocenters. The molecule has 0 aromatic heterocycles. The van der Waals surface area contributed by atoms with E-state index < -0.39 is 44.0 Å². The number of nitro groups is 2. The molecule has 0 saturated carbocycles. The zero-order valence-electron chi connectivity index (χ0n) is 9.52. The molecule has 0 atom stereocenters. The number of nitrogens with zero attached hydrogens (tertiary/aromatic N) is 2. The van der Waals surface area contributed by atoms with Crippen LogP contribution in [-0.2, 0) is 0 Å². The van der Waals surface area contributed by atoms with Crippen molar-refractivity contribution < 1.29 is 27.8 Å². The molecule has 0 fully saturated rings. The summed E-state index contributed by atoms with van der Waals surface area (Å²) in [7, 11) is 0.891. The monoisotopic (exact) mass is 315 g/mol. The lowest BCUT2D eigenvalue weighted by atomic mass is 10.2. The first-order valence-corrected chi connectivity index (χ1v) is 5.00. The predicted molar refractivity (Wildman–Crippen MR) is 61.0 cm³/mol. The predicted octanol–water partition coefficient (Wildman–Crippen LogP) is 3.10. The van der Waals surface area contributed by atoms with E-state index in [2.05, 4.69) is 4.74 Å². The fourth-order valence-corrected chi connectivity index (χ4v) is 1.61. The Morgan fingerprint density at radius 1 is 1.30 bits per heavy atom. The highest BCUT2D eigenvalue weighted by molar-refractivity contribution is 6.36. The van der Waals surface area contributed by atoms with Gasteiger partial charge in [0.15, 0.2) is 0 Å². The van der Waals surface area contributed by atoms with E-state index in [-0.39, 0.29) is 0 Å². The van der Waals surface area contributed by atoms with Crippen LogP contribution in [0.1, 0.15) is 0 Å². The zero-order chi connectivity index (χ0) is 15.7. The lowest BCUT2D eigenvalue weighted by Gasteiger charge is -2.13. The van der Waals surface area contributed by atoms with Gasteiger partial charge in [-0.15, -0.1) is 0 Å². The molecule has 1 rings (SSSR count). The summed E-state index contributed by atoms with van der Waals surface area (Å²) in [6, 6.07) is 0.404. The van der Waals surface area contributed by atoms with Gasteiger partial charge in [0.25, 0.3) is 5.75 Å². The van der Waals surface area contributed by atoms with Crippen LogP contribution in [0.3, 0.4) is 0 Å². The Hall–Kier alpha value is -2.30. The van der Waals surface area contributed by atoms with Crippen LogP contribution in [0.4, 0.5) is 30.2 Å². The fourth-order valence-electron chi connectivity index (χ4n) is 1.36. The van der Waals surface area contributed by atoms with Gasteiger partial charge >= 0.3 is 17.7 Å². The second-order valence-electron chi connectivity index (χ2n) is 3.28. The van der Waals surface area contributed by atoms with Crippen LogP contribution in [0.2, 0.25) is 5.02 Å². The topological polar surface area (TPSA) is 108 Å². The number of hydrogen-bond donors (Lipinski definition) is 1. The molecule has 0 aliphatic carbocycles. The van der Waals surface area contributed by atoms with Crippen LogP contribution >= 0.6 is 11.6 Å². The Bertz CT molecular complexity index is 577. The van der Waals surface area contributed by atoms with E-state index >= 15 is 0 Å². The minimum Gasteiger partial charge on any atom is -0.485 e. The van der Waals surface area contributed by atoms with Crippen molar-refractivity contribution in [3.8, 4) is 5.75 Å². The standard InChI is InChI=1S/C8H5ClF3N3O5/c1-20-7-4(14(16)17)2-3(13-8(10,11)12)5(9)6(7)15(18)19/h2,13H,1H3. The van der Waals surface area contributed by atoms with Gasteiger partial charge in [-0.05, 0) is 0 Å². The first-order chi connectivity index (χ1) is 9.08. The third kappa shape index (κ3) is 3.17. The van der Waals surface area contributed by atoms with Gasteiger partial charge in [0.05, 0.1) is 22.6 Å². The molecule has 0 bridgehead atoms. The van der Waals surface area contributed by atoms with Crippen LogP contribution in [0, 0.1) is 20.2 Å². The maximum Gasteiger partial charge on any atom is 0.482 e. The van der Waals surface area contributed by atoms with Crippen LogP contribution < -0.4 is 10.1 Å². The summed E-state index contributed by atoms with van der Waals surface area (Å²) in [5.74, 6) is -0.835. The first kappa shape index (κ1) is 15.8. The van der Waals surface area contributed by atoms with Crippen molar-refractivity contribution in [2.45, 2.75) is 6.30 Å². The molecule has 1 N–H and O–H groups in total. The highest BCUT2D eigenvalue weighted by atomic mass is 35.5. The Kier molecular flexibility index (Phi) is 4.23. The number of ether oxygens (including phenoxy) is 1. The van der Waals surface area contributed by atoms with Crippen molar-refractivity contribution in [1.82, 2.24) is 0 Å². The molecule has 8 nitrogen and oxygen atoms in total. The first-order valence-electron chi connectivity index (χ1n) is 4.62. The average molecular weight is 316 g/mol. The molecule has 0 spiro atoms. The second kappa shape index (κ2) is 5.36. The van der Waals surface area contributed by atoms with E-state index in [9.17, 15) is 33.4 Å². The van der Waals surface area contributed by atoms with Gasteiger partial charge in [0, 0.05) is 6.07 Å². The van der Waals surface area contributed by atoms with E-state index in [1.54, 1.807) is 0 Å². The van der Waals surface area contributed by atoms with E-state index in [4.69, 9.17) is 11.6 Å². The zero-order valence-corrected chi connectivity index (χ0v) is 10.3. The molecule has 0 aliphatic rings. The van der Waals surface area contributed by atoms with E-state index in [0.717, 1.165) is 12.4 Å². The number of methoxy groups -OCH3 is 1. The van der Waals surface area contributed by atoms with Crippen LogP contribution in [-0.4, -0.2) is 23.3 Å². The lowest BCUT2D eigenvalue weighted by molar-refractivity contribution is -0.395. The molecule has 1 aromatic rings. The summed E-state index contributed by atoms with van der Waals surface area (Å²) in [5, 5.41) is 21.5. The Morgan fingerprint density at radius 3 is 2.20 bits per heavy atom. The minimum absolute atomic E-state index is 0.404. The number of rotatable bonds is 4. The molecule has 0 amide bonds. The normalized spacial score (nSPS) is 11.1. The number of hydrogen-bond acceptors (Lipinski definition) is 6. The highest BCUT2D eigenvalue weighted by Crippen LogP contribution is 2.46. The molecule has 12 heteroatoms. The average Bonchev–Trinajstić information content (AvgIpc) is 2.28. The number of nitro benzene ring substituents is 2. The summed E-state index contributed by atoms with van der Waals surface area (Å²) < 4.78 is 41.2. The molecule has 20 heavy (non-hydrogen) atoms. The molecular weight excluding hydrogens is 311 g/mol. The molecule has 110 valence electrons. The molecule has 0 saturated heterocycles. The van der Waals surface area contributed by atoms with Gasteiger partial charge in [0.1, 0.15) is 5.02 Å². The molecule has 1 aromatic carbocycles. The van der Waals surface area contributed by atoms with Crippen molar-refractivity contribution in [3.05, 3.63) is 31.3 Å². The van der Waals surface area contributed by atoms with Gasteiger partial charge in [-0.3, -0.25) is 25.5 Å². The largest absolute Gasteiger partial charge is 0.485 e. The van der Waals surface area contributed by atoms with Crippen molar-refractivity contribution in [1.29, 1.82) is 0 Å². The quantitative estimate of drug-likeness (QED) is 0.519. The van der Waals surface area contributed by atoms with Crippen molar-refractivity contribution in [3.63, 3.8) is 0 Å². The van der Waals surface area contributed by atoms with Crippen molar-refractivity contribution in [2.75, 3.05) is 12.4 Å². The number of alkyl halides is 3. The van der Waals surface area contributed by atoms with E-state index in [1.165, 1.54) is 0 Å². The van der Waals surface area contributed by atoms with Gasteiger partial charge in [0.2, 0.25) is 0 Å². The summed E-state index contributed by atoms with van der Waals surface area (Å²) in [6.45, 7) is 0. The number of anilines is 1. The molecule has 0 aliphatic heterocycles. The second-order valence-corrected chi connectivity index (χ2v) is 3.65. The van der Waals surface area contributed by atoms with E-state index in [0.29, 0.717) is 6.07 Å². The molecule has 0 heterocycles. The SMILES string of the molecule is COc1c([N+](=O)[O-])cc(NC(F)(F)F)c(Cl)c1[N+](=O)[O-]. The third-order valence-corrected chi connectivity index (χ3v) is 2.42. The Labute approximate surface area is 113 Å². The maximum atomic E-state index is 12.2. The Morgan fingerprint density at radius 2 is 1.85 bits per heavy atom. The van der Waals surface area contributed by atoms with Crippen LogP contribution in [0.5, 0.6) is 5.75 Å². The number of halogens is 4. The molecule has 0 radical (unpaired) electrons. The summed E-state index contributed by atoms with van der Waals surface area (Å²) >= 11 is 5.46. The highest BCUT2D eigenvalue weighted by Gasteiger charge is 2.36. The van der Waals surface area contributed by atoms with Crippen molar-refractivity contribution >= 4 is 28.7 Å². The maximum absolute atomic E-state index is 12.2. The Balaban J connectivity index is 3.64. The smallest absolute Gasteiger partial charge is 0.482 e. The van der Waals surface area contributed by atoms with Gasteiger partial charge in [-0.25, -0.2) is 0 Å². The van der Waals surface area contributed by atoms with Crippen LogP contribution in [0.25, 0.3) is 0 Å². The summed E-state index contributed by atoms with van der Waals surface area (Å²) in [5.41, 5.74) is -3.16. The summed E-state index contributed by atoms with van der Waals surface area (Å²) in [6.07, 6.45) is -4.97. The minimum atomic E-state index is -4.97. The fraction of sp³-hybridized carbons (Fsp3) is 0.250. The van der Waals surface area contributed by atoms with Gasteiger partial charge in [-0.2, -0.15) is 13.2 Å². The van der Waals surface area contributed by atoms with Gasteiger partial charge in [-0.1, -0.05) is 11.6 Å². The van der Waals surface area contributed by atoms with Gasteiger partial charge < -0.3 is 4.74 Å². The third-order valence-electron chi connectivity index (χ3n) is 2.03. The van der Waals surface area contributed by atoms with Crippen LogP contribution in [0.15, 0.2) is 6.07 Å². The number of benzene rings is 1. The number of nitrogens with one attached hydrogen (secondary N) is 1. The van der Waals surface area contributed by atoms with Crippen molar-refractivity contribution in [2.24, 2.45) is 0 Å². The molecular formula is C8H5ClF3N3O5.